The lowest BCUT2D eigenvalue weighted by atomic mass is 10.0. The van der Waals surface area contributed by atoms with Crippen molar-refractivity contribution in [3.63, 3.8) is 0 Å². The number of benzene rings is 2. The topological polar surface area (TPSA) is 98.5 Å². The molecule has 0 heterocycles. The summed E-state index contributed by atoms with van der Waals surface area (Å²) in [5.41, 5.74) is 2.03. The molecular formula is C17H20N2O5S. The molecule has 0 saturated heterocycles. The molecule has 0 aliphatic rings. The molecule has 7 nitrogen and oxygen atoms in total. The minimum absolute atomic E-state index is 0.0197. The second-order valence-corrected chi connectivity index (χ2v) is 7.38. The third-order valence-corrected chi connectivity index (χ3v) is 5.52. The highest BCUT2D eigenvalue weighted by molar-refractivity contribution is 7.89. The van der Waals surface area contributed by atoms with Gasteiger partial charge in [-0.3, -0.25) is 10.1 Å². The lowest BCUT2D eigenvalue weighted by molar-refractivity contribution is -0.385. The molecule has 0 spiro atoms. The van der Waals surface area contributed by atoms with Crippen LogP contribution in [0.15, 0.2) is 47.4 Å². The second kappa shape index (κ2) is 7.73. The fourth-order valence-corrected chi connectivity index (χ4v) is 3.82. The Labute approximate surface area is 146 Å². The number of nitrogens with zero attached hydrogens (tertiary/aromatic N) is 1. The molecule has 0 aromatic heterocycles. The maximum absolute atomic E-state index is 12.6. The van der Waals surface area contributed by atoms with Gasteiger partial charge >= 0.3 is 0 Å². The first-order valence-electron chi connectivity index (χ1n) is 7.59. The van der Waals surface area contributed by atoms with Crippen molar-refractivity contribution in [2.24, 2.45) is 0 Å². The Balaban J connectivity index is 2.25. The van der Waals surface area contributed by atoms with E-state index in [1.165, 1.54) is 19.2 Å². The summed E-state index contributed by atoms with van der Waals surface area (Å²) in [6.07, 6.45) is -0.463. The van der Waals surface area contributed by atoms with Crippen molar-refractivity contribution in [2.45, 2.75) is 24.8 Å². The van der Waals surface area contributed by atoms with Crippen LogP contribution < -0.4 is 4.72 Å². The van der Waals surface area contributed by atoms with Crippen LogP contribution in [0.3, 0.4) is 0 Å². The number of sulfonamides is 1. The number of methoxy groups -OCH3 is 1. The highest BCUT2D eigenvalue weighted by Crippen LogP contribution is 2.23. The molecule has 1 unspecified atom stereocenters. The molecule has 0 amide bonds. The molecule has 2 aromatic rings. The van der Waals surface area contributed by atoms with Gasteiger partial charge in [-0.15, -0.1) is 0 Å². The molecule has 0 aliphatic carbocycles. The average molecular weight is 364 g/mol. The summed E-state index contributed by atoms with van der Waals surface area (Å²) in [7, 11) is -2.40. The van der Waals surface area contributed by atoms with E-state index in [1.54, 1.807) is 6.92 Å². The van der Waals surface area contributed by atoms with Gasteiger partial charge in [-0.25, -0.2) is 13.1 Å². The van der Waals surface area contributed by atoms with E-state index in [4.69, 9.17) is 4.74 Å². The predicted octanol–water partition coefficient (Wildman–Crippen LogP) is 2.88. The molecule has 1 N–H and O–H groups in total. The van der Waals surface area contributed by atoms with Crippen LogP contribution in [-0.2, 0) is 14.8 Å². The number of rotatable bonds is 7. The van der Waals surface area contributed by atoms with Crippen molar-refractivity contribution in [3.05, 3.63) is 69.3 Å². The van der Waals surface area contributed by atoms with E-state index >= 15 is 0 Å². The van der Waals surface area contributed by atoms with Gasteiger partial charge < -0.3 is 4.74 Å². The summed E-state index contributed by atoms with van der Waals surface area (Å²) < 4.78 is 33.0. The van der Waals surface area contributed by atoms with E-state index in [9.17, 15) is 18.5 Å². The maximum atomic E-state index is 12.6. The zero-order chi connectivity index (χ0) is 18.6. The number of hydrogen-bond donors (Lipinski definition) is 1. The predicted molar refractivity (Wildman–Crippen MR) is 94.0 cm³/mol. The van der Waals surface area contributed by atoms with Crippen LogP contribution in [0.25, 0.3) is 0 Å². The lowest BCUT2D eigenvalue weighted by Gasteiger charge is -2.19. The van der Waals surface area contributed by atoms with Crippen LogP contribution in [0, 0.1) is 24.0 Å². The molecule has 1 atom stereocenters. The van der Waals surface area contributed by atoms with Gasteiger partial charge in [-0.1, -0.05) is 30.3 Å². The Morgan fingerprint density at radius 2 is 1.84 bits per heavy atom. The summed E-state index contributed by atoms with van der Waals surface area (Å²) in [5.74, 6) is 0. The number of nitro groups is 1. The molecule has 0 aliphatic heterocycles. The fraction of sp³-hybridized carbons (Fsp3) is 0.294. The molecular weight excluding hydrogens is 344 g/mol. The Hall–Kier alpha value is -2.29. The van der Waals surface area contributed by atoms with Crippen molar-refractivity contribution in [3.8, 4) is 0 Å². The number of ether oxygens (including phenoxy) is 1. The Morgan fingerprint density at radius 1 is 1.16 bits per heavy atom. The first-order chi connectivity index (χ1) is 11.8. The molecule has 2 aromatic carbocycles. The van der Waals surface area contributed by atoms with Crippen LogP contribution >= 0.6 is 0 Å². The van der Waals surface area contributed by atoms with Crippen LogP contribution in [0.2, 0.25) is 0 Å². The third kappa shape index (κ3) is 4.41. The van der Waals surface area contributed by atoms with Gasteiger partial charge in [0.1, 0.15) is 0 Å². The number of aryl methyl sites for hydroxylation is 2. The highest BCUT2D eigenvalue weighted by atomic mass is 32.2. The summed E-state index contributed by atoms with van der Waals surface area (Å²) in [5, 5.41) is 10.9. The van der Waals surface area contributed by atoms with E-state index in [2.05, 4.69) is 4.72 Å². The monoisotopic (exact) mass is 364 g/mol. The van der Waals surface area contributed by atoms with Crippen LogP contribution in [0.4, 0.5) is 5.69 Å². The molecule has 2 rings (SSSR count). The number of hydrogen-bond acceptors (Lipinski definition) is 5. The maximum Gasteiger partial charge on any atom is 0.270 e. The van der Waals surface area contributed by atoms with Gasteiger partial charge in [0.15, 0.2) is 0 Å². The summed E-state index contributed by atoms with van der Waals surface area (Å²) >= 11 is 0. The van der Waals surface area contributed by atoms with Crippen molar-refractivity contribution in [1.29, 1.82) is 0 Å². The number of non-ortho nitro benzene ring substituents is 1. The van der Waals surface area contributed by atoms with Crippen molar-refractivity contribution < 1.29 is 18.1 Å². The molecule has 0 bridgehead atoms. The van der Waals surface area contributed by atoms with Gasteiger partial charge in [-0.05, 0) is 30.5 Å². The molecule has 134 valence electrons. The Bertz CT molecular complexity index is 880. The van der Waals surface area contributed by atoms with E-state index in [0.717, 1.165) is 17.2 Å². The standard InChI is InChI=1S/C17H20N2O5S/c1-12-6-4-5-7-15(12)16(24-3)11-18-25(22,23)17-10-14(19(20)21)9-8-13(17)2/h4-10,16,18H,11H2,1-3H3. The van der Waals surface area contributed by atoms with Crippen LogP contribution in [-0.4, -0.2) is 27.0 Å². The molecule has 25 heavy (non-hydrogen) atoms. The average Bonchev–Trinajstić information content (AvgIpc) is 2.56. The molecule has 0 saturated carbocycles. The molecule has 0 radical (unpaired) electrons. The fourth-order valence-electron chi connectivity index (χ4n) is 2.52. The highest BCUT2D eigenvalue weighted by Gasteiger charge is 2.22. The first-order valence-corrected chi connectivity index (χ1v) is 9.07. The van der Waals surface area contributed by atoms with Crippen LogP contribution in [0.1, 0.15) is 22.8 Å². The van der Waals surface area contributed by atoms with Gasteiger partial charge in [-0.2, -0.15) is 0 Å². The quantitative estimate of drug-likeness (QED) is 0.602. The summed E-state index contributed by atoms with van der Waals surface area (Å²) in [4.78, 5) is 10.2. The van der Waals surface area contributed by atoms with Gasteiger partial charge in [0.25, 0.3) is 5.69 Å². The number of nitrogens with one attached hydrogen (secondary N) is 1. The third-order valence-electron chi connectivity index (χ3n) is 3.95. The van der Waals surface area contributed by atoms with E-state index in [-0.39, 0.29) is 17.1 Å². The number of nitro benzene ring substituents is 1. The van der Waals surface area contributed by atoms with E-state index in [1.807, 2.05) is 31.2 Å². The molecule has 0 fully saturated rings. The van der Waals surface area contributed by atoms with Crippen molar-refractivity contribution >= 4 is 15.7 Å². The smallest absolute Gasteiger partial charge is 0.270 e. The van der Waals surface area contributed by atoms with E-state index in [0.29, 0.717) is 5.56 Å². The van der Waals surface area contributed by atoms with Gasteiger partial charge in [0, 0.05) is 25.8 Å². The van der Waals surface area contributed by atoms with E-state index < -0.39 is 21.1 Å². The van der Waals surface area contributed by atoms with Crippen molar-refractivity contribution in [1.82, 2.24) is 4.72 Å². The van der Waals surface area contributed by atoms with Gasteiger partial charge in [0.05, 0.1) is 15.9 Å². The minimum Gasteiger partial charge on any atom is -0.375 e. The molecule has 8 heteroatoms. The normalized spacial score (nSPS) is 12.8. The van der Waals surface area contributed by atoms with Crippen molar-refractivity contribution in [2.75, 3.05) is 13.7 Å². The zero-order valence-corrected chi connectivity index (χ0v) is 15.0. The minimum atomic E-state index is -3.91. The second-order valence-electron chi connectivity index (χ2n) is 5.64. The summed E-state index contributed by atoms with van der Waals surface area (Å²) in [6, 6.07) is 11.3. The Kier molecular flexibility index (Phi) is 5.89. The zero-order valence-electron chi connectivity index (χ0n) is 14.2. The van der Waals surface area contributed by atoms with Crippen LogP contribution in [0.5, 0.6) is 0 Å². The largest absolute Gasteiger partial charge is 0.375 e. The summed E-state index contributed by atoms with van der Waals surface area (Å²) in [6.45, 7) is 3.53. The van der Waals surface area contributed by atoms with Gasteiger partial charge in [0.2, 0.25) is 10.0 Å². The first kappa shape index (κ1) is 19.0. The SMILES string of the molecule is COC(CNS(=O)(=O)c1cc([N+](=O)[O-])ccc1C)c1ccccc1C. The lowest BCUT2D eigenvalue weighted by Crippen LogP contribution is -2.30. The Morgan fingerprint density at radius 3 is 2.44 bits per heavy atom.